The van der Waals surface area contributed by atoms with Gasteiger partial charge in [0.15, 0.2) is 11.9 Å². The lowest BCUT2D eigenvalue weighted by molar-refractivity contribution is -0.385. The van der Waals surface area contributed by atoms with Crippen LogP contribution in [0.3, 0.4) is 0 Å². The number of nitriles is 1. The molecule has 1 amide bonds. The van der Waals surface area contributed by atoms with Crippen LogP contribution >= 0.6 is 0 Å². The third-order valence-corrected chi connectivity index (χ3v) is 5.38. The Morgan fingerprint density at radius 2 is 1.69 bits per heavy atom. The Hall–Kier alpha value is -5.17. The van der Waals surface area contributed by atoms with Gasteiger partial charge in [-0.25, -0.2) is 4.79 Å². The predicted octanol–water partition coefficient (Wildman–Crippen LogP) is 3.43. The number of nitro groups is 1. The maximum absolute atomic E-state index is 13.0. The van der Waals surface area contributed by atoms with Crippen molar-refractivity contribution in [2.75, 3.05) is 5.32 Å². The van der Waals surface area contributed by atoms with Crippen LogP contribution in [0.2, 0.25) is 0 Å². The number of ketones is 2. The number of carbonyl (C=O) groups excluding carboxylic acids is 4. The quantitative estimate of drug-likeness (QED) is 0.265. The highest BCUT2D eigenvalue weighted by atomic mass is 16.6. The summed E-state index contributed by atoms with van der Waals surface area (Å²) < 4.78 is 5.12. The molecule has 4 rings (SSSR count). The molecule has 0 saturated heterocycles. The van der Waals surface area contributed by atoms with Crippen molar-refractivity contribution >= 4 is 34.8 Å². The van der Waals surface area contributed by atoms with Crippen molar-refractivity contribution in [1.29, 1.82) is 5.26 Å². The molecule has 0 spiro atoms. The fourth-order valence-electron chi connectivity index (χ4n) is 3.71. The summed E-state index contributed by atoms with van der Waals surface area (Å²) in [5.41, 5.74) is -1.43. The monoisotopic (exact) mass is 469 g/mol. The minimum absolute atomic E-state index is 0.00837. The molecule has 172 valence electrons. The predicted molar refractivity (Wildman–Crippen MR) is 121 cm³/mol. The molecule has 0 aromatic heterocycles. The second-order valence-electron chi connectivity index (χ2n) is 7.57. The molecule has 3 aromatic carbocycles. The van der Waals surface area contributed by atoms with Crippen LogP contribution in [0.15, 0.2) is 60.7 Å². The number of hydrogen-bond donors (Lipinski definition) is 1. The maximum Gasteiger partial charge on any atom is 0.345 e. The first-order valence-corrected chi connectivity index (χ1v) is 10.2. The number of nitrogens with one attached hydrogen (secondary N) is 1. The molecule has 35 heavy (non-hydrogen) atoms. The minimum atomic E-state index is -1.37. The van der Waals surface area contributed by atoms with Crippen molar-refractivity contribution in [3.8, 4) is 6.07 Å². The summed E-state index contributed by atoms with van der Waals surface area (Å²) in [6, 6.07) is 16.1. The molecule has 1 N–H and O–H groups in total. The molecule has 0 radical (unpaired) electrons. The van der Waals surface area contributed by atoms with Crippen LogP contribution in [0, 0.1) is 21.4 Å². The Balaban J connectivity index is 1.64. The summed E-state index contributed by atoms with van der Waals surface area (Å²) in [5, 5.41) is 23.4. The third kappa shape index (κ3) is 4.14. The van der Waals surface area contributed by atoms with E-state index in [0.29, 0.717) is 11.3 Å². The standard InChI is InChI=1S/C25H15N3O7/c1-13(24(31)27-15-6-4-5-14(11-15)12-26)35-25(32)19-10-9-18-20(21(19)28(33)34)23(30)17-8-3-2-7-16(17)22(18)29/h2-11,13H,1H3,(H,27,31). The normalized spacial score (nSPS) is 12.6. The van der Waals surface area contributed by atoms with Gasteiger partial charge in [0.25, 0.3) is 11.6 Å². The lowest BCUT2D eigenvalue weighted by Gasteiger charge is -2.19. The van der Waals surface area contributed by atoms with E-state index in [0.717, 1.165) is 12.1 Å². The van der Waals surface area contributed by atoms with Gasteiger partial charge in [-0.3, -0.25) is 24.5 Å². The van der Waals surface area contributed by atoms with E-state index in [-0.39, 0.29) is 16.7 Å². The summed E-state index contributed by atoms with van der Waals surface area (Å²) in [6.45, 7) is 1.26. The number of fused-ring (bicyclic) bond motifs is 2. The Bertz CT molecular complexity index is 1490. The summed E-state index contributed by atoms with van der Waals surface area (Å²) in [5.74, 6) is -3.30. The van der Waals surface area contributed by atoms with E-state index in [1.54, 1.807) is 18.2 Å². The van der Waals surface area contributed by atoms with Gasteiger partial charge in [-0.15, -0.1) is 0 Å². The van der Waals surface area contributed by atoms with Crippen molar-refractivity contribution in [2.45, 2.75) is 13.0 Å². The molecular formula is C25H15N3O7. The molecule has 0 fully saturated rings. The zero-order valence-electron chi connectivity index (χ0n) is 18.1. The van der Waals surface area contributed by atoms with Crippen LogP contribution in [0.5, 0.6) is 0 Å². The molecule has 10 nitrogen and oxygen atoms in total. The number of esters is 1. The van der Waals surface area contributed by atoms with E-state index in [1.807, 2.05) is 6.07 Å². The Morgan fingerprint density at radius 1 is 1.00 bits per heavy atom. The van der Waals surface area contributed by atoms with E-state index in [9.17, 15) is 29.3 Å². The van der Waals surface area contributed by atoms with Crippen molar-refractivity contribution in [1.82, 2.24) is 0 Å². The van der Waals surface area contributed by atoms with Gasteiger partial charge in [-0.1, -0.05) is 30.3 Å². The zero-order valence-corrected chi connectivity index (χ0v) is 18.1. The van der Waals surface area contributed by atoms with E-state index >= 15 is 0 Å². The number of anilines is 1. The van der Waals surface area contributed by atoms with Crippen LogP contribution < -0.4 is 5.32 Å². The van der Waals surface area contributed by atoms with Gasteiger partial charge in [0.2, 0.25) is 5.78 Å². The number of ether oxygens (including phenoxy) is 1. The smallest absolute Gasteiger partial charge is 0.345 e. The fraction of sp³-hybridized carbons (Fsp3) is 0.0800. The Labute approximate surface area is 197 Å². The second-order valence-corrected chi connectivity index (χ2v) is 7.57. The molecule has 0 saturated carbocycles. The van der Waals surface area contributed by atoms with Crippen LogP contribution in [0.1, 0.15) is 54.7 Å². The number of nitrogens with zero attached hydrogens (tertiary/aromatic N) is 2. The first-order valence-electron chi connectivity index (χ1n) is 10.2. The number of hydrogen-bond acceptors (Lipinski definition) is 8. The largest absolute Gasteiger partial charge is 0.449 e. The van der Waals surface area contributed by atoms with E-state index < -0.39 is 51.3 Å². The van der Waals surface area contributed by atoms with E-state index in [4.69, 9.17) is 10.00 Å². The SMILES string of the molecule is CC(OC(=O)c1ccc2c(c1[N+](=O)[O-])C(=O)c1ccccc1C2=O)C(=O)Nc1cccc(C#N)c1. The average molecular weight is 469 g/mol. The van der Waals surface area contributed by atoms with Gasteiger partial charge in [-0.05, 0) is 37.3 Å². The minimum Gasteiger partial charge on any atom is -0.449 e. The molecule has 0 heterocycles. The number of amides is 1. The summed E-state index contributed by atoms with van der Waals surface area (Å²) in [6.07, 6.45) is -1.37. The molecule has 0 bridgehead atoms. The van der Waals surface area contributed by atoms with Crippen LogP contribution in [0.4, 0.5) is 11.4 Å². The highest BCUT2D eigenvalue weighted by molar-refractivity contribution is 6.30. The zero-order chi connectivity index (χ0) is 25.3. The molecule has 1 atom stereocenters. The summed E-state index contributed by atoms with van der Waals surface area (Å²) in [7, 11) is 0. The Kier molecular flexibility index (Phi) is 5.91. The van der Waals surface area contributed by atoms with E-state index in [1.165, 1.54) is 37.3 Å². The van der Waals surface area contributed by atoms with Crippen molar-refractivity contribution in [3.63, 3.8) is 0 Å². The van der Waals surface area contributed by atoms with Crippen molar-refractivity contribution in [2.24, 2.45) is 0 Å². The third-order valence-electron chi connectivity index (χ3n) is 5.38. The van der Waals surface area contributed by atoms with Crippen LogP contribution in [-0.2, 0) is 9.53 Å². The molecule has 0 aliphatic heterocycles. The molecule has 1 aliphatic carbocycles. The number of carbonyl (C=O) groups is 4. The first-order chi connectivity index (χ1) is 16.7. The fourth-order valence-corrected chi connectivity index (χ4v) is 3.71. The number of benzene rings is 3. The molecule has 1 unspecified atom stereocenters. The van der Waals surface area contributed by atoms with Crippen LogP contribution in [-0.4, -0.2) is 34.5 Å². The molecule has 10 heteroatoms. The summed E-state index contributed by atoms with van der Waals surface area (Å²) in [4.78, 5) is 62.1. The average Bonchev–Trinajstić information content (AvgIpc) is 2.86. The lowest BCUT2D eigenvalue weighted by atomic mass is 9.82. The molecule has 3 aromatic rings. The maximum atomic E-state index is 13.0. The van der Waals surface area contributed by atoms with E-state index in [2.05, 4.69) is 5.32 Å². The molecule has 1 aliphatic rings. The second kappa shape index (κ2) is 8.99. The highest BCUT2D eigenvalue weighted by Crippen LogP contribution is 2.35. The number of rotatable bonds is 5. The van der Waals surface area contributed by atoms with Crippen molar-refractivity contribution in [3.05, 3.63) is 104 Å². The highest BCUT2D eigenvalue weighted by Gasteiger charge is 2.39. The van der Waals surface area contributed by atoms with Gasteiger partial charge in [-0.2, -0.15) is 5.26 Å². The van der Waals surface area contributed by atoms with Crippen molar-refractivity contribution < 1.29 is 28.8 Å². The van der Waals surface area contributed by atoms with Gasteiger partial charge >= 0.3 is 5.97 Å². The molecular weight excluding hydrogens is 454 g/mol. The lowest BCUT2D eigenvalue weighted by Crippen LogP contribution is -2.30. The van der Waals surface area contributed by atoms with Gasteiger partial charge in [0, 0.05) is 22.4 Å². The Morgan fingerprint density at radius 3 is 2.34 bits per heavy atom. The number of nitro benzene ring substituents is 1. The van der Waals surface area contributed by atoms with Gasteiger partial charge in [0.05, 0.1) is 16.6 Å². The van der Waals surface area contributed by atoms with Gasteiger partial charge in [0.1, 0.15) is 11.1 Å². The topological polar surface area (TPSA) is 156 Å². The first kappa shape index (κ1) is 23.0. The van der Waals surface area contributed by atoms with Gasteiger partial charge < -0.3 is 10.1 Å². The summed E-state index contributed by atoms with van der Waals surface area (Å²) >= 11 is 0. The van der Waals surface area contributed by atoms with Crippen LogP contribution in [0.25, 0.3) is 0 Å².